The van der Waals surface area contributed by atoms with Gasteiger partial charge in [-0.05, 0) is 17.7 Å². The standard InChI is InChI=1S/C12H16N2O2/c1-14(5-6-16-2)12-4-3-10(9-15)7-11(12)8-13/h3-4,7,15H,5-6,9H2,1-2H3. The fourth-order valence-corrected chi connectivity index (χ4v) is 1.45. The van der Waals surface area contributed by atoms with E-state index in [1.807, 2.05) is 24.1 Å². The number of methoxy groups -OCH3 is 1. The molecule has 1 aromatic carbocycles. The Balaban J connectivity index is 2.91. The van der Waals surface area contributed by atoms with Crippen LogP contribution in [-0.2, 0) is 11.3 Å². The van der Waals surface area contributed by atoms with Gasteiger partial charge in [-0.2, -0.15) is 5.26 Å². The first-order chi connectivity index (χ1) is 7.72. The van der Waals surface area contributed by atoms with Crippen LogP contribution in [0.5, 0.6) is 0 Å². The van der Waals surface area contributed by atoms with Crippen LogP contribution in [0.2, 0.25) is 0 Å². The van der Waals surface area contributed by atoms with Gasteiger partial charge < -0.3 is 14.7 Å². The van der Waals surface area contributed by atoms with E-state index in [0.29, 0.717) is 12.2 Å². The summed E-state index contributed by atoms with van der Waals surface area (Å²) in [5.41, 5.74) is 2.18. The van der Waals surface area contributed by atoms with Gasteiger partial charge in [-0.3, -0.25) is 0 Å². The van der Waals surface area contributed by atoms with Crippen LogP contribution in [0, 0.1) is 11.3 Å². The molecule has 0 aliphatic carbocycles. The predicted octanol–water partition coefficient (Wildman–Crippen LogP) is 1.13. The number of hydrogen-bond acceptors (Lipinski definition) is 4. The average molecular weight is 220 g/mol. The van der Waals surface area contributed by atoms with Gasteiger partial charge in [0.25, 0.3) is 0 Å². The molecule has 0 saturated heterocycles. The summed E-state index contributed by atoms with van der Waals surface area (Å²) < 4.78 is 4.99. The van der Waals surface area contributed by atoms with E-state index in [0.717, 1.165) is 17.8 Å². The van der Waals surface area contributed by atoms with Crippen LogP contribution in [0.15, 0.2) is 18.2 Å². The smallest absolute Gasteiger partial charge is 0.101 e. The highest BCUT2D eigenvalue weighted by atomic mass is 16.5. The van der Waals surface area contributed by atoms with Crippen molar-refractivity contribution in [3.8, 4) is 6.07 Å². The third-order valence-electron chi connectivity index (χ3n) is 2.41. The number of nitrogens with zero attached hydrogens (tertiary/aromatic N) is 2. The number of hydrogen-bond donors (Lipinski definition) is 1. The number of aliphatic hydroxyl groups is 1. The average Bonchev–Trinajstić information content (AvgIpc) is 2.34. The summed E-state index contributed by atoms with van der Waals surface area (Å²) in [6.45, 7) is 1.30. The lowest BCUT2D eigenvalue weighted by atomic mass is 10.1. The Morgan fingerprint density at radius 1 is 1.50 bits per heavy atom. The topological polar surface area (TPSA) is 56.5 Å². The van der Waals surface area contributed by atoms with Gasteiger partial charge in [0, 0.05) is 20.7 Å². The molecule has 0 fully saturated rings. The van der Waals surface area contributed by atoms with E-state index in [9.17, 15) is 0 Å². The largest absolute Gasteiger partial charge is 0.392 e. The molecule has 1 aromatic rings. The molecule has 0 spiro atoms. The molecule has 0 aliphatic heterocycles. The minimum atomic E-state index is -0.0449. The van der Waals surface area contributed by atoms with E-state index in [1.54, 1.807) is 13.2 Å². The molecule has 0 atom stereocenters. The number of anilines is 1. The molecule has 0 saturated carbocycles. The summed E-state index contributed by atoms with van der Waals surface area (Å²) in [6.07, 6.45) is 0. The molecule has 0 aliphatic rings. The van der Waals surface area contributed by atoms with E-state index in [2.05, 4.69) is 6.07 Å². The van der Waals surface area contributed by atoms with Gasteiger partial charge >= 0.3 is 0 Å². The first-order valence-corrected chi connectivity index (χ1v) is 5.07. The van der Waals surface area contributed by atoms with Crippen molar-refractivity contribution in [2.75, 3.05) is 32.2 Å². The molecule has 0 radical (unpaired) electrons. The molecule has 86 valence electrons. The molecule has 1 rings (SSSR count). The van der Waals surface area contributed by atoms with Gasteiger partial charge in [-0.25, -0.2) is 0 Å². The molecule has 0 unspecified atom stereocenters. The lowest BCUT2D eigenvalue weighted by Crippen LogP contribution is -2.22. The van der Waals surface area contributed by atoms with Crippen molar-refractivity contribution in [1.29, 1.82) is 5.26 Å². The molecule has 0 aromatic heterocycles. The van der Waals surface area contributed by atoms with Gasteiger partial charge in [-0.1, -0.05) is 6.07 Å². The van der Waals surface area contributed by atoms with Crippen LogP contribution in [0.25, 0.3) is 0 Å². The zero-order chi connectivity index (χ0) is 12.0. The Morgan fingerprint density at radius 3 is 2.81 bits per heavy atom. The molecule has 16 heavy (non-hydrogen) atoms. The lowest BCUT2D eigenvalue weighted by Gasteiger charge is -2.20. The molecule has 0 bridgehead atoms. The number of ether oxygens (including phenoxy) is 1. The zero-order valence-corrected chi connectivity index (χ0v) is 9.60. The summed E-state index contributed by atoms with van der Waals surface area (Å²) in [7, 11) is 3.56. The molecular formula is C12H16N2O2. The number of likely N-dealkylation sites (N-methyl/N-ethyl adjacent to an activating group) is 1. The SMILES string of the molecule is COCCN(C)c1ccc(CO)cc1C#N. The Bertz CT molecular complexity index is 385. The Morgan fingerprint density at radius 2 is 2.25 bits per heavy atom. The van der Waals surface area contributed by atoms with E-state index < -0.39 is 0 Å². The van der Waals surface area contributed by atoms with Crippen LogP contribution in [-0.4, -0.2) is 32.4 Å². The Hall–Kier alpha value is -1.57. The predicted molar refractivity (Wildman–Crippen MR) is 62.2 cm³/mol. The van der Waals surface area contributed by atoms with Crippen LogP contribution in [0.3, 0.4) is 0 Å². The Labute approximate surface area is 95.7 Å². The van der Waals surface area contributed by atoms with Crippen molar-refractivity contribution in [2.24, 2.45) is 0 Å². The summed E-state index contributed by atoms with van der Waals surface area (Å²) in [5, 5.41) is 18.0. The van der Waals surface area contributed by atoms with Crippen LogP contribution in [0.4, 0.5) is 5.69 Å². The highest BCUT2D eigenvalue weighted by molar-refractivity contribution is 5.60. The maximum absolute atomic E-state index is 9.02. The van der Waals surface area contributed by atoms with Crippen LogP contribution >= 0.6 is 0 Å². The van der Waals surface area contributed by atoms with E-state index in [4.69, 9.17) is 15.1 Å². The summed E-state index contributed by atoms with van der Waals surface area (Å²) >= 11 is 0. The quantitative estimate of drug-likeness (QED) is 0.808. The summed E-state index contributed by atoms with van der Waals surface area (Å²) in [4.78, 5) is 1.96. The van der Waals surface area contributed by atoms with Crippen molar-refractivity contribution >= 4 is 5.69 Å². The second-order valence-electron chi connectivity index (χ2n) is 3.54. The van der Waals surface area contributed by atoms with E-state index >= 15 is 0 Å². The molecule has 4 nitrogen and oxygen atoms in total. The molecular weight excluding hydrogens is 204 g/mol. The molecule has 0 heterocycles. The molecule has 4 heteroatoms. The lowest BCUT2D eigenvalue weighted by molar-refractivity contribution is 0.206. The van der Waals surface area contributed by atoms with Crippen molar-refractivity contribution in [1.82, 2.24) is 0 Å². The highest BCUT2D eigenvalue weighted by Gasteiger charge is 2.07. The van der Waals surface area contributed by atoms with Gasteiger partial charge in [0.05, 0.1) is 24.5 Å². The molecule has 1 N–H and O–H groups in total. The zero-order valence-electron chi connectivity index (χ0n) is 9.60. The minimum absolute atomic E-state index is 0.0449. The third-order valence-corrected chi connectivity index (χ3v) is 2.41. The fraction of sp³-hybridized carbons (Fsp3) is 0.417. The summed E-state index contributed by atoms with van der Waals surface area (Å²) in [5.74, 6) is 0. The van der Waals surface area contributed by atoms with Crippen molar-refractivity contribution in [2.45, 2.75) is 6.61 Å². The first-order valence-electron chi connectivity index (χ1n) is 5.07. The minimum Gasteiger partial charge on any atom is -0.392 e. The second kappa shape index (κ2) is 6.11. The third kappa shape index (κ3) is 2.96. The number of aliphatic hydroxyl groups excluding tert-OH is 1. The number of benzene rings is 1. The van der Waals surface area contributed by atoms with Gasteiger partial charge in [0.15, 0.2) is 0 Å². The van der Waals surface area contributed by atoms with Crippen molar-refractivity contribution in [3.63, 3.8) is 0 Å². The van der Waals surface area contributed by atoms with Crippen molar-refractivity contribution in [3.05, 3.63) is 29.3 Å². The van der Waals surface area contributed by atoms with E-state index in [1.165, 1.54) is 0 Å². The molecule has 0 amide bonds. The summed E-state index contributed by atoms with van der Waals surface area (Å²) in [6, 6.07) is 7.51. The Kier molecular flexibility index (Phi) is 4.77. The first kappa shape index (κ1) is 12.5. The number of rotatable bonds is 5. The normalized spacial score (nSPS) is 9.88. The van der Waals surface area contributed by atoms with Gasteiger partial charge in [-0.15, -0.1) is 0 Å². The highest BCUT2D eigenvalue weighted by Crippen LogP contribution is 2.20. The number of nitriles is 1. The maximum Gasteiger partial charge on any atom is 0.101 e. The van der Waals surface area contributed by atoms with E-state index in [-0.39, 0.29) is 6.61 Å². The van der Waals surface area contributed by atoms with Crippen molar-refractivity contribution < 1.29 is 9.84 Å². The fourth-order valence-electron chi connectivity index (χ4n) is 1.45. The monoisotopic (exact) mass is 220 g/mol. The van der Waals surface area contributed by atoms with Crippen LogP contribution < -0.4 is 4.90 Å². The second-order valence-corrected chi connectivity index (χ2v) is 3.54. The van der Waals surface area contributed by atoms with Gasteiger partial charge in [0.2, 0.25) is 0 Å². The van der Waals surface area contributed by atoms with Gasteiger partial charge in [0.1, 0.15) is 6.07 Å². The maximum atomic E-state index is 9.02. The van der Waals surface area contributed by atoms with Crippen LogP contribution in [0.1, 0.15) is 11.1 Å².